The summed E-state index contributed by atoms with van der Waals surface area (Å²) in [5.41, 5.74) is 10.9. The molecule has 0 spiro atoms. The molecule has 0 aliphatic carbocycles. The molecule has 2 N–H and O–H groups in total. The minimum absolute atomic E-state index is 0.0832. The van der Waals surface area contributed by atoms with Gasteiger partial charge in [-0.05, 0) is 47.5 Å². The summed E-state index contributed by atoms with van der Waals surface area (Å²) in [5, 5.41) is 5.54. The molecular weight excluding hydrogens is 428 g/mol. The molecule has 5 rings (SSSR count). The monoisotopic (exact) mass is 450 g/mol. The largest absolute Gasteiger partial charge is 0.369 e. The van der Waals surface area contributed by atoms with Crippen molar-refractivity contribution < 1.29 is 9.59 Å². The van der Waals surface area contributed by atoms with Crippen molar-refractivity contribution >= 4 is 33.8 Å². The first-order valence-corrected chi connectivity index (χ1v) is 10.8. The average Bonchev–Trinajstić information content (AvgIpc) is 3.29. The van der Waals surface area contributed by atoms with Gasteiger partial charge in [-0.25, -0.2) is 4.68 Å². The third-order valence-electron chi connectivity index (χ3n) is 5.66. The lowest BCUT2D eigenvalue weighted by atomic mass is 10.1. The Morgan fingerprint density at radius 3 is 2.50 bits per heavy atom. The van der Waals surface area contributed by atoms with Crippen molar-refractivity contribution in [3.8, 4) is 5.69 Å². The summed E-state index contributed by atoms with van der Waals surface area (Å²) in [7, 11) is 1.78. The fraction of sp³-hybridized carbons (Fsp3) is 0.115. The number of hydrogen-bond donors (Lipinski definition) is 1. The van der Waals surface area contributed by atoms with E-state index in [4.69, 9.17) is 5.73 Å². The molecule has 0 unspecified atom stereocenters. The van der Waals surface area contributed by atoms with Gasteiger partial charge in [0.15, 0.2) is 0 Å². The molecule has 0 aliphatic heterocycles. The van der Waals surface area contributed by atoms with Crippen LogP contribution in [0.25, 0.3) is 27.6 Å². The first kappa shape index (κ1) is 21.3. The van der Waals surface area contributed by atoms with Crippen LogP contribution in [0, 0.1) is 0 Å². The number of nitrogens with two attached hydrogens (primary N) is 1. The van der Waals surface area contributed by atoms with Crippen LogP contribution in [-0.4, -0.2) is 43.5 Å². The Morgan fingerprint density at radius 2 is 1.74 bits per heavy atom. The standard InChI is InChI=1S/C26H22N6O2/c1-31(15-17-5-10-22-23(13-17)29-12-11-28-22)26(34)18-6-8-21(9-7-18)32-16-20-4-2-3-19(14-24(27)33)25(20)30-32/h2-13,16H,14-15H2,1H3,(H2,27,33). The third-order valence-corrected chi connectivity index (χ3v) is 5.66. The van der Waals surface area contributed by atoms with E-state index < -0.39 is 5.91 Å². The highest BCUT2D eigenvalue weighted by Gasteiger charge is 2.14. The van der Waals surface area contributed by atoms with Crippen LogP contribution in [0.3, 0.4) is 0 Å². The van der Waals surface area contributed by atoms with Crippen molar-refractivity contribution in [2.24, 2.45) is 5.73 Å². The Bertz CT molecular complexity index is 1520. The number of carbonyl (C=O) groups excluding carboxylic acids is 2. The summed E-state index contributed by atoms with van der Waals surface area (Å²) in [5.74, 6) is -0.481. The van der Waals surface area contributed by atoms with Crippen LogP contribution in [0.5, 0.6) is 0 Å². The molecule has 168 valence electrons. The van der Waals surface area contributed by atoms with Gasteiger partial charge in [0, 0.05) is 43.1 Å². The molecule has 2 amide bonds. The van der Waals surface area contributed by atoms with Gasteiger partial charge >= 0.3 is 0 Å². The molecule has 0 saturated carbocycles. The molecule has 8 nitrogen and oxygen atoms in total. The van der Waals surface area contributed by atoms with Gasteiger partial charge < -0.3 is 10.6 Å². The van der Waals surface area contributed by atoms with E-state index in [1.807, 2.05) is 54.7 Å². The van der Waals surface area contributed by atoms with Crippen LogP contribution in [0.15, 0.2) is 79.3 Å². The lowest BCUT2D eigenvalue weighted by molar-refractivity contribution is -0.117. The van der Waals surface area contributed by atoms with E-state index in [1.165, 1.54) is 0 Å². The van der Waals surface area contributed by atoms with Crippen molar-refractivity contribution in [2.75, 3.05) is 7.05 Å². The van der Waals surface area contributed by atoms with Gasteiger partial charge in [-0.15, -0.1) is 0 Å². The van der Waals surface area contributed by atoms with Crippen LogP contribution >= 0.6 is 0 Å². The number of nitrogens with zero attached hydrogens (tertiary/aromatic N) is 5. The Hall–Kier alpha value is -4.59. The zero-order valence-corrected chi connectivity index (χ0v) is 18.5. The van der Waals surface area contributed by atoms with Crippen molar-refractivity contribution in [2.45, 2.75) is 13.0 Å². The molecule has 2 aromatic heterocycles. The molecule has 0 fully saturated rings. The maximum Gasteiger partial charge on any atom is 0.253 e. The lowest BCUT2D eigenvalue weighted by Gasteiger charge is -2.18. The van der Waals surface area contributed by atoms with Gasteiger partial charge in [0.25, 0.3) is 5.91 Å². The highest BCUT2D eigenvalue weighted by atomic mass is 16.2. The smallest absolute Gasteiger partial charge is 0.253 e. The zero-order chi connectivity index (χ0) is 23.7. The summed E-state index contributed by atoms with van der Waals surface area (Å²) < 4.78 is 1.74. The van der Waals surface area contributed by atoms with Gasteiger partial charge in [-0.3, -0.25) is 19.6 Å². The number of aromatic nitrogens is 4. The highest BCUT2D eigenvalue weighted by molar-refractivity contribution is 5.94. The third kappa shape index (κ3) is 4.21. The Morgan fingerprint density at radius 1 is 0.971 bits per heavy atom. The highest BCUT2D eigenvalue weighted by Crippen LogP contribution is 2.21. The normalized spacial score (nSPS) is 11.1. The van der Waals surface area contributed by atoms with E-state index in [9.17, 15) is 9.59 Å². The summed E-state index contributed by atoms with van der Waals surface area (Å²) in [6, 6.07) is 18.8. The second-order valence-electron chi connectivity index (χ2n) is 8.16. The number of hydrogen-bond acceptors (Lipinski definition) is 5. The van der Waals surface area contributed by atoms with Gasteiger partial charge in [0.05, 0.1) is 28.7 Å². The molecule has 0 saturated heterocycles. The molecule has 34 heavy (non-hydrogen) atoms. The quantitative estimate of drug-likeness (QED) is 0.427. The van der Waals surface area contributed by atoms with Crippen LogP contribution in [0.4, 0.5) is 0 Å². The molecule has 2 heterocycles. The Balaban J connectivity index is 1.34. The number of carbonyl (C=O) groups is 2. The molecular formula is C26H22N6O2. The summed E-state index contributed by atoms with van der Waals surface area (Å²) in [4.78, 5) is 34.6. The van der Waals surface area contributed by atoms with Crippen molar-refractivity contribution in [1.82, 2.24) is 24.6 Å². The van der Waals surface area contributed by atoms with Gasteiger partial charge in [0.2, 0.25) is 5.91 Å². The fourth-order valence-corrected chi connectivity index (χ4v) is 4.00. The Labute approximate surface area is 195 Å². The van der Waals surface area contributed by atoms with Gasteiger partial charge in [0.1, 0.15) is 0 Å². The number of rotatable bonds is 6. The van der Waals surface area contributed by atoms with Crippen molar-refractivity contribution in [3.63, 3.8) is 0 Å². The van der Waals surface area contributed by atoms with Crippen molar-refractivity contribution in [1.29, 1.82) is 0 Å². The SMILES string of the molecule is CN(Cc1ccc2nccnc2c1)C(=O)c1ccc(-n2cc3cccc(CC(N)=O)c3n2)cc1. The molecule has 3 aromatic carbocycles. The van der Waals surface area contributed by atoms with Gasteiger partial charge in [-0.1, -0.05) is 24.3 Å². The van der Waals surface area contributed by atoms with E-state index in [-0.39, 0.29) is 12.3 Å². The van der Waals surface area contributed by atoms with Crippen LogP contribution in [0.1, 0.15) is 21.5 Å². The topological polar surface area (TPSA) is 107 Å². The van der Waals surface area contributed by atoms with Crippen LogP contribution in [-0.2, 0) is 17.8 Å². The minimum atomic E-state index is -0.398. The second-order valence-corrected chi connectivity index (χ2v) is 8.16. The van der Waals surface area contributed by atoms with Gasteiger partial charge in [-0.2, -0.15) is 5.10 Å². The predicted octanol–water partition coefficient (Wildman–Crippen LogP) is 3.27. The number of fused-ring (bicyclic) bond motifs is 2. The van der Waals surface area contributed by atoms with E-state index in [2.05, 4.69) is 15.1 Å². The number of primary amides is 1. The predicted molar refractivity (Wildman–Crippen MR) is 129 cm³/mol. The van der Waals surface area contributed by atoms with E-state index >= 15 is 0 Å². The number of amides is 2. The molecule has 0 atom stereocenters. The van der Waals surface area contributed by atoms with E-state index in [1.54, 1.807) is 41.2 Å². The number of benzene rings is 3. The zero-order valence-electron chi connectivity index (χ0n) is 18.5. The molecule has 0 bridgehead atoms. The summed E-state index contributed by atoms with van der Waals surface area (Å²) in [6.07, 6.45) is 5.35. The average molecular weight is 451 g/mol. The fourth-order valence-electron chi connectivity index (χ4n) is 4.00. The van der Waals surface area contributed by atoms with Crippen LogP contribution in [0.2, 0.25) is 0 Å². The van der Waals surface area contributed by atoms with E-state index in [0.29, 0.717) is 12.1 Å². The van der Waals surface area contributed by atoms with Crippen molar-refractivity contribution in [3.05, 3.63) is 95.9 Å². The maximum absolute atomic E-state index is 13.0. The molecule has 0 radical (unpaired) electrons. The molecule has 5 aromatic rings. The lowest BCUT2D eigenvalue weighted by Crippen LogP contribution is -2.26. The first-order valence-electron chi connectivity index (χ1n) is 10.8. The van der Waals surface area contributed by atoms with E-state index in [0.717, 1.165) is 38.8 Å². The second kappa shape index (κ2) is 8.74. The molecule has 0 aliphatic rings. The maximum atomic E-state index is 13.0. The summed E-state index contributed by atoms with van der Waals surface area (Å²) in [6.45, 7) is 0.459. The molecule has 8 heteroatoms. The summed E-state index contributed by atoms with van der Waals surface area (Å²) >= 11 is 0. The first-order chi connectivity index (χ1) is 16.5. The Kier molecular flexibility index (Phi) is 5.47. The minimum Gasteiger partial charge on any atom is -0.369 e. The van der Waals surface area contributed by atoms with Crippen LogP contribution < -0.4 is 5.73 Å².